The van der Waals surface area contributed by atoms with Crippen LogP contribution >= 0.6 is 12.6 Å². The van der Waals surface area contributed by atoms with Gasteiger partial charge in [-0.1, -0.05) is 27.2 Å². The molecule has 0 amide bonds. The molecule has 0 aliphatic heterocycles. The van der Waals surface area contributed by atoms with Gasteiger partial charge in [-0.05, 0) is 26.2 Å². The van der Waals surface area contributed by atoms with Gasteiger partial charge in [-0.25, -0.2) is 0 Å². The average Bonchev–Trinajstić information content (AvgIpc) is 2.29. The number of hydrogen-bond acceptors (Lipinski definition) is 4. The molecule has 6 heteroatoms. The van der Waals surface area contributed by atoms with Gasteiger partial charge in [-0.3, -0.25) is 4.79 Å². The Morgan fingerprint density at radius 2 is 1.42 bits per heavy atom. The zero-order valence-electron chi connectivity index (χ0n) is 13.0. The van der Waals surface area contributed by atoms with Crippen LogP contribution in [-0.2, 0) is 18.1 Å². The first-order valence-electron chi connectivity index (χ1n) is 6.95. The highest BCUT2D eigenvalue weighted by Gasteiger charge is 2.57. The second-order valence-corrected chi connectivity index (χ2v) is 8.11. The Hall–Kier alpha value is 0.117. The van der Waals surface area contributed by atoms with Gasteiger partial charge in [0.25, 0.3) is 0 Å². The van der Waals surface area contributed by atoms with Crippen molar-refractivity contribution in [3.8, 4) is 0 Å². The summed E-state index contributed by atoms with van der Waals surface area (Å²) in [6.45, 7) is 13.2. The summed E-state index contributed by atoms with van der Waals surface area (Å²) in [6, 6.07) is 0. The van der Waals surface area contributed by atoms with Crippen molar-refractivity contribution in [1.82, 2.24) is 0 Å². The summed E-state index contributed by atoms with van der Waals surface area (Å²) in [4.78, 5) is 12.1. The maximum absolute atomic E-state index is 12.1. The van der Waals surface area contributed by atoms with Crippen LogP contribution in [0.1, 0.15) is 48.0 Å². The average molecular weight is 309 g/mol. The van der Waals surface area contributed by atoms with E-state index in [1.807, 2.05) is 41.5 Å². The van der Waals surface area contributed by atoms with Gasteiger partial charge >= 0.3 is 8.80 Å². The van der Waals surface area contributed by atoms with Crippen LogP contribution in [0.2, 0.25) is 5.54 Å². The fourth-order valence-electron chi connectivity index (χ4n) is 2.15. The van der Waals surface area contributed by atoms with Gasteiger partial charge in [0, 0.05) is 19.8 Å². The Bertz CT molecular complexity index is 267. The molecule has 114 valence electrons. The zero-order valence-corrected chi connectivity index (χ0v) is 14.9. The van der Waals surface area contributed by atoms with Crippen molar-refractivity contribution in [2.24, 2.45) is 5.41 Å². The molecule has 0 aliphatic rings. The molecule has 0 aromatic carbocycles. The minimum Gasteiger partial charge on any atom is -0.373 e. The smallest absolute Gasteiger partial charge is 0.373 e. The SMILES string of the molecule is CCO[Si](OCC)(OCC)C(C(=O)S)C(C)(C)CC. The summed E-state index contributed by atoms with van der Waals surface area (Å²) in [6.07, 6.45) is 0.825. The van der Waals surface area contributed by atoms with E-state index < -0.39 is 14.3 Å². The molecular weight excluding hydrogens is 280 g/mol. The fourth-order valence-corrected chi connectivity index (χ4v) is 6.39. The second kappa shape index (κ2) is 8.41. The van der Waals surface area contributed by atoms with Crippen LogP contribution in [0.15, 0.2) is 0 Å². The molecule has 4 nitrogen and oxygen atoms in total. The number of hydrogen-bond donors (Lipinski definition) is 1. The summed E-state index contributed by atoms with van der Waals surface area (Å²) in [5, 5.41) is -0.214. The Labute approximate surface area is 124 Å². The quantitative estimate of drug-likeness (QED) is 0.497. The predicted octanol–water partition coefficient (Wildman–Crippen LogP) is 3.30. The normalized spacial score (nSPS) is 14.5. The highest BCUT2D eigenvalue weighted by molar-refractivity contribution is 7.97. The van der Waals surface area contributed by atoms with Crippen LogP contribution in [0.3, 0.4) is 0 Å². The van der Waals surface area contributed by atoms with E-state index in [2.05, 4.69) is 12.6 Å². The van der Waals surface area contributed by atoms with Gasteiger partial charge in [-0.2, -0.15) is 0 Å². The molecule has 0 bridgehead atoms. The van der Waals surface area contributed by atoms with Gasteiger partial charge in [0.15, 0.2) is 5.12 Å². The first kappa shape index (κ1) is 19.1. The van der Waals surface area contributed by atoms with E-state index in [-0.39, 0.29) is 10.5 Å². The molecule has 0 saturated carbocycles. The van der Waals surface area contributed by atoms with Crippen molar-refractivity contribution < 1.29 is 18.1 Å². The number of carbonyl (C=O) groups is 1. The Kier molecular flexibility index (Phi) is 8.47. The Morgan fingerprint density at radius 3 is 1.63 bits per heavy atom. The van der Waals surface area contributed by atoms with Crippen LogP contribution < -0.4 is 0 Å². The molecule has 19 heavy (non-hydrogen) atoms. The van der Waals surface area contributed by atoms with E-state index in [1.165, 1.54) is 0 Å². The lowest BCUT2D eigenvalue weighted by Gasteiger charge is -2.41. The first-order chi connectivity index (χ1) is 8.81. The Morgan fingerprint density at radius 1 is 1.05 bits per heavy atom. The molecule has 0 heterocycles. The number of carbonyl (C=O) groups excluding carboxylic acids is 1. The lowest BCUT2D eigenvalue weighted by atomic mass is 9.86. The van der Waals surface area contributed by atoms with Gasteiger partial charge in [0.1, 0.15) is 5.54 Å². The fraction of sp³-hybridized carbons (Fsp3) is 0.923. The summed E-state index contributed by atoms with van der Waals surface area (Å²) >= 11 is 4.07. The van der Waals surface area contributed by atoms with Crippen molar-refractivity contribution >= 4 is 26.5 Å². The predicted molar refractivity (Wildman–Crippen MR) is 82.4 cm³/mol. The van der Waals surface area contributed by atoms with Crippen molar-refractivity contribution in [2.45, 2.75) is 53.5 Å². The summed E-state index contributed by atoms with van der Waals surface area (Å²) in [5.41, 5.74) is -0.724. The van der Waals surface area contributed by atoms with Crippen molar-refractivity contribution in [1.29, 1.82) is 0 Å². The van der Waals surface area contributed by atoms with E-state index in [1.54, 1.807) is 0 Å². The van der Waals surface area contributed by atoms with E-state index in [0.717, 1.165) is 6.42 Å². The molecule has 0 rings (SSSR count). The van der Waals surface area contributed by atoms with E-state index >= 15 is 0 Å². The van der Waals surface area contributed by atoms with E-state index in [0.29, 0.717) is 19.8 Å². The summed E-state index contributed by atoms with van der Waals surface area (Å²) in [7, 11) is -3.07. The van der Waals surface area contributed by atoms with Gasteiger partial charge < -0.3 is 13.3 Å². The maximum atomic E-state index is 12.1. The molecule has 0 N–H and O–H groups in total. The van der Waals surface area contributed by atoms with E-state index in [9.17, 15) is 4.79 Å². The minimum atomic E-state index is -3.07. The highest BCUT2D eigenvalue weighted by atomic mass is 32.1. The van der Waals surface area contributed by atoms with Crippen LogP contribution in [0, 0.1) is 5.41 Å². The third kappa shape index (κ3) is 4.86. The van der Waals surface area contributed by atoms with Crippen LogP contribution in [-0.4, -0.2) is 33.7 Å². The largest absolute Gasteiger partial charge is 0.513 e. The monoisotopic (exact) mass is 308 g/mol. The molecular formula is C13H28O4SSi. The molecule has 1 atom stereocenters. The molecule has 0 spiro atoms. The van der Waals surface area contributed by atoms with Gasteiger partial charge in [0.2, 0.25) is 0 Å². The first-order valence-corrected chi connectivity index (χ1v) is 9.20. The van der Waals surface area contributed by atoms with Crippen LogP contribution in [0.25, 0.3) is 0 Å². The third-order valence-electron chi connectivity index (χ3n) is 3.33. The van der Waals surface area contributed by atoms with Crippen molar-refractivity contribution in [2.75, 3.05) is 19.8 Å². The van der Waals surface area contributed by atoms with Crippen LogP contribution in [0.5, 0.6) is 0 Å². The zero-order chi connectivity index (χ0) is 15.1. The molecule has 0 aromatic rings. The lowest BCUT2D eigenvalue weighted by molar-refractivity contribution is -0.114. The molecule has 0 fully saturated rings. The summed E-state index contributed by atoms with van der Waals surface area (Å²) < 4.78 is 17.5. The molecule has 0 aliphatic carbocycles. The molecule has 0 saturated heterocycles. The maximum Gasteiger partial charge on any atom is 0.513 e. The van der Waals surface area contributed by atoms with Crippen molar-refractivity contribution in [3.05, 3.63) is 0 Å². The molecule has 0 radical (unpaired) electrons. The number of thiol groups is 1. The Balaban J connectivity index is 5.63. The highest BCUT2D eigenvalue weighted by Crippen LogP contribution is 2.45. The lowest BCUT2D eigenvalue weighted by Crippen LogP contribution is -2.56. The van der Waals surface area contributed by atoms with Gasteiger partial charge in [-0.15, -0.1) is 12.6 Å². The van der Waals surface area contributed by atoms with E-state index in [4.69, 9.17) is 13.3 Å². The summed E-state index contributed by atoms with van der Waals surface area (Å²) in [5.74, 6) is 0. The molecule has 1 unspecified atom stereocenters. The number of rotatable bonds is 10. The minimum absolute atomic E-state index is 0.214. The topological polar surface area (TPSA) is 44.8 Å². The van der Waals surface area contributed by atoms with Crippen LogP contribution in [0.4, 0.5) is 0 Å². The van der Waals surface area contributed by atoms with Gasteiger partial charge in [0.05, 0.1) is 0 Å². The standard InChI is InChI=1S/C13H28O4SSi/c1-7-13(5,6)11(12(14)18)19(15-8-2,16-9-3)17-10-4/h11H,7-10H2,1-6H3,(H,14,18). The second-order valence-electron chi connectivity index (χ2n) is 5.02. The van der Waals surface area contributed by atoms with Crippen molar-refractivity contribution in [3.63, 3.8) is 0 Å². The third-order valence-corrected chi connectivity index (χ3v) is 7.65. The molecule has 0 aromatic heterocycles.